The van der Waals surface area contributed by atoms with Crippen LogP contribution in [0.1, 0.15) is 28.4 Å². The molecular weight excluding hydrogens is 292 g/mol. The summed E-state index contributed by atoms with van der Waals surface area (Å²) in [4.78, 5) is 22.4. The second kappa shape index (κ2) is 5.79. The van der Waals surface area contributed by atoms with Gasteiger partial charge in [0.2, 0.25) is 0 Å². The lowest BCUT2D eigenvalue weighted by Crippen LogP contribution is -2.15. The van der Waals surface area contributed by atoms with Crippen LogP contribution in [0.4, 0.5) is 0 Å². The van der Waals surface area contributed by atoms with Gasteiger partial charge in [0.05, 0.1) is 5.56 Å². The van der Waals surface area contributed by atoms with E-state index in [1.54, 1.807) is 0 Å². The molecule has 0 aliphatic carbocycles. The Morgan fingerprint density at radius 2 is 2.00 bits per heavy atom. The molecule has 1 unspecified atom stereocenters. The summed E-state index contributed by atoms with van der Waals surface area (Å²) in [5.74, 6) is -2.22. The molecule has 17 heavy (non-hydrogen) atoms. The van der Waals surface area contributed by atoms with E-state index in [2.05, 4.69) is 15.9 Å². The van der Waals surface area contributed by atoms with Crippen molar-refractivity contribution in [2.75, 3.05) is 5.33 Å². The third-order valence-corrected chi connectivity index (χ3v) is 2.60. The number of halogens is 1. The number of carboxylic acid groups (broad SMARTS) is 1. The molecule has 0 aliphatic heterocycles. The predicted molar refractivity (Wildman–Crippen MR) is 63.4 cm³/mol. The number of benzene rings is 1. The lowest BCUT2D eigenvalue weighted by atomic mass is 9.97. The summed E-state index contributed by atoms with van der Waals surface area (Å²) in [6.07, 6.45) is -1.71. The summed E-state index contributed by atoms with van der Waals surface area (Å²) < 4.78 is 0. The van der Waals surface area contributed by atoms with E-state index < -0.39 is 17.9 Å². The summed E-state index contributed by atoms with van der Waals surface area (Å²) in [6, 6.07) is 3.96. The van der Waals surface area contributed by atoms with E-state index >= 15 is 0 Å². The van der Waals surface area contributed by atoms with E-state index in [0.29, 0.717) is 5.33 Å². The second-order valence-corrected chi connectivity index (χ2v) is 4.14. The minimum absolute atomic E-state index is 0.0940. The average Bonchev–Trinajstić information content (AvgIpc) is 2.27. The monoisotopic (exact) mass is 302 g/mol. The first-order valence-electron chi connectivity index (χ1n) is 4.81. The van der Waals surface area contributed by atoms with Crippen molar-refractivity contribution in [2.45, 2.75) is 12.5 Å². The van der Waals surface area contributed by atoms with Gasteiger partial charge in [-0.1, -0.05) is 28.1 Å². The molecule has 0 bridgehead atoms. The number of hydrogen-bond acceptors (Lipinski definition) is 4. The molecule has 1 rings (SSSR count). The number of aliphatic carboxylic acids is 1. The summed E-state index contributed by atoms with van der Waals surface area (Å²) in [5, 5.41) is 28.1. The molecule has 0 aromatic heterocycles. The standard InChI is InChI=1S/C11H11BrO5/c12-5-4-8(14)9-6(10(15)11(16)17)2-1-3-7(9)13/h1-3,10,13,15H,4-5H2,(H,16,17). The number of alkyl halides is 1. The molecule has 1 aromatic carbocycles. The van der Waals surface area contributed by atoms with E-state index in [1.165, 1.54) is 18.2 Å². The van der Waals surface area contributed by atoms with E-state index in [-0.39, 0.29) is 23.3 Å². The van der Waals surface area contributed by atoms with Gasteiger partial charge in [-0.25, -0.2) is 4.79 Å². The first-order chi connectivity index (χ1) is 7.99. The highest BCUT2D eigenvalue weighted by atomic mass is 79.9. The van der Waals surface area contributed by atoms with Gasteiger partial charge in [0.15, 0.2) is 11.9 Å². The van der Waals surface area contributed by atoms with Crippen LogP contribution in [0.5, 0.6) is 5.75 Å². The van der Waals surface area contributed by atoms with Crippen molar-refractivity contribution >= 4 is 27.7 Å². The average molecular weight is 303 g/mol. The fourth-order valence-electron chi connectivity index (χ4n) is 1.43. The van der Waals surface area contributed by atoms with Gasteiger partial charge in [-0.05, 0) is 6.07 Å². The van der Waals surface area contributed by atoms with Crippen molar-refractivity contribution in [3.8, 4) is 5.75 Å². The van der Waals surface area contributed by atoms with Gasteiger partial charge >= 0.3 is 5.97 Å². The van der Waals surface area contributed by atoms with E-state index in [9.17, 15) is 19.8 Å². The molecule has 1 atom stereocenters. The zero-order valence-corrected chi connectivity index (χ0v) is 10.3. The summed E-state index contributed by atoms with van der Waals surface area (Å²) in [5.41, 5.74) is -0.231. The van der Waals surface area contributed by atoms with E-state index in [4.69, 9.17) is 5.11 Å². The number of phenols is 1. The van der Waals surface area contributed by atoms with E-state index in [1.807, 2.05) is 0 Å². The van der Waals surface area contributed by atoms with Crippen LogP contribution in [0.2, 0.25) is 0 Å². The minimum atomic E-state index is -1.82. The van der Waals surface area contributed by atoms with Crippen molar-refractivity contribution in [1.29, 1.82) is 0 Å². The predicted octanol–water partition coefficient (Wildman–Crippen LogP) is 1.48. The highest BCUT2D eigenvalue weighted by molar-refractivity contribution is 9.09. The topological polar surface area (TPSA) is 94.8 Å². The second-order valence-electron chi connectivity index (χ2n) is 3.34. The van der Waals surface area contributed by atoms with Crippen LogP contribution >= 0.6 is 15.9 Å². The summed E-state index contributed by atoms with van der Waals surface area (Å²) >= 11 is 3.08. The smallest absolute Gasteiger partial charge is 0.337 e. The highest BCUT2D eigenvalue weighted by Crippen LogP contribution is 2.27. The first-order valence-corrected chi connectivity index (χ1v) is 5.93. The Morgan fingerprint density at radius 1 is 1.35 bits per heavy atom. The number of aliphatic hydroxyl groups is 1. The van der Waals surface area contributed by atoms with Crippen molar-refractivity contribution in [3.05, 3.63) is 29.3 Å². The number of carboxylic acids is 1. The minimum Gasteiger partial charge on any atom is -0.507 e. The van der Waals surface area contributed by atoms with Crippen molar-refractivity contribution in [2.24, 2.45) is 0 Å². The van der Waals surface area contributed by atoms with Crippen LogP contribution < -0.4 is 0 Å². The summed E-state index contributed by atoms with van der Waals surface area (Å²) in [7, 11) is 0. The van der Waals surface area contributed by atoms with Crippen LogP contribution in [-0.4, -0.2) is 32.4 Å². The van der Waals surface area contributed by atoms with Crippen LogP contribution in [0.15, 0.2) is 18.2 Å². The maximum absolute atomic E-state index is 11.7. The molecule has 0 saturated heterocycles. The molecule has 1 aromatic rings. The number of carbonyl (C=O) groups excluding carboxylic acids is 1. The number of aromatic hydroxyl groups is 1. The number of rotatable bonds is 5. The van der Waals surface area contributed by atoms with Crippen LogP contribution in [0.3, 0.4) is 0 Å². The number of aliphatic hydroxyl groups excluding tert-OH is 1. The molecule has 5 nitrogen and oxygen atoms in total. The molecule has 0 radical (unpaired) electrons. The van der Waals surface area contributed by atoms with Crippen molar-refractivity contribution in [3.63, 3.8) is 0 Å². The molecule has 6 heteroatoms. The number of Topliss-reactive ketones (excluding diaryl/α,β-unsaturated/α-hetero) is 1. The summed E-state index contributed by atoms with van der Waals surface area (Å²) in [6.45, 7) is 0. The van der Waals surface area contributed by atoms with Crippen LogP contribution in [0, 0.1) is 0 Å². The fraction of sp³-hybridized carbons (Fsp3) is 0.273. The van der Waals surface area contributed by atoms with Gasteiger partial charge in [-0.2, -0.15) is 0 Å². The Bertz CT molecular complexity index is 443. The first kappa shape index (κ1) is 13.7. The Balaban J connectivity index is 3.26. The molecule has 3 N–H and O–H groups in total. The van der Waals surface area contributed by atoms with Gasteiger partial charge in [-0.15, -0.1) is 0 Å². The normalized spacial score (nSPS) is 12.1. The fourth-order valence-corrected chi connectivity index (χ4v) is 1.79. The molecule has 0 fully saturated rings. The van der Waals surface area contributed by atoms with Crippen LogP contribution in [-0.2, 0) is 4.79 Å². The number of hydrogen-bond donors (Lipinski definition) is 3. The Kier molecular flexibility index (Phi) is 4.65. The van der Waals surface area contributed by atoms with E-state index in [0.717, 1.165) is 0 Å². The Labute approximate surface area is 106 Å². The molecule has 0 saturated carbocycles. The maximum atomic E-state index is 11.7. The molecular formula is C11H11BrO5. The molecule has 0 heterocycles. The third-order valence-electron chi connectivity index (χ3n) is 2.20. The van der Waals surface area contributed by atoms with Gasteiger partial charge in [-0.3, -0.25) is 4.79 Å². The third kappa shape index (κ3) is 3.04. The SMILES string of the molecule is O=C(CCBr)c1c(O)cccc1C(O)C(=O)O. The van der Waals surface area contributed by atoms with Gasteiger partial charge in [0.1, 0.15) is 5.75 Å². The molecule has 0 amide bonds. The van der Waals surface area contributed by atoms with Gasteiger partial charge < -0.3 is 15.3 Å². The quantitative estimate of drug-likeness (QED) is 0.566. The maximum Gasteiger partial charge on any atom is 0.337 e. The highest BCUT2D eigenvalue weighted by Gasteiger charge is 2.24. The van der Waals surface area contributed by atoms with Crippen molar-refractivity contribution in [1.82, 2.24) is 0 Å². The lowest BCUT2D eigenvalue weighted by Gasteiger charge is -2.12. The zero-order chi connectivity index (χ0) is 13.0. The Morgan fingerprint density at radius 3 is 2.53 bits per heavy atom. The largest absolute Gasteiger partial charge is 0.507 e. The number of phenolic OH excluding ortho intramolecular Hbond substituents is 1. The van der Waals surface area contributed by atoms with Crippen LogP contribution in [0.25, 0.3) is 0 Å². The Hall–Kier alpha value is -1.40. The number of carbonyl (C=O) groups is 2. The molecule has 92 valence electrons. The van der Waals surface area contributed by atoms with Gasteiger partial charge in [0.25, 0.3) is 0 Å². The molecule has 0 spiro atoms. The number of ketones is 1. The molecule has 0 aliphatic rings. The zero-order valence-electron chi connectivity index (χ0n) is 8.76. The van der Waals surface area contributed by atoms with Crippen molar-refractivity contribution < 1.29 is 24.9 Å². The van der Waals surface area contributed by atoms with Gasteiger partial charge in [0, 0.05) is 17.3 Å². The lowest BCUT2D eigenvalue weighted by molar-refractivity contribution is -0.146.